The second-order valence-corrected chi connectivity index (χ2v) is 7.96. The number of nitrogens with zero attached hydrogens (tertiary/aromatic N) is 3. The molecule has 3 rings (SSSR count). The summed E-state index contributed by atoms with van der Waals surface area (Å²) in [5, 5.41) is 27.9. The topological polar surface area (TPSA) is 106 Å². The number of ether oxygens (including phenoxy) is 1. The van der Waals surface area contributed by atoms with Gasteiger partial charge in [0.25, 0.3) is 0 Å². The van der Waals surface area contributed by atoms with Crippen molar-refractivity contribution in [1.29, 1.82) is 10.5 Å². The van der Waals surface area contributed by atoms with Crippen molar-refractivity contribution in [3.8, 4) is 23.8 Å². The molecule has 0 bridgehead atoms. The molecule has 0 aromatic heterocycles. The molecular weight excluding hydrogens is 376 g/mol. The average Bonchev–Trinajstić information content (AvgIpc) is 3.04. The first kappa shape index (κ1) is 18.8. The number of halogens is 2. The van der Waals surface area contributed by atoms with Crippen molar-refractivity contribution >= 4 is 9.73 Å². The molecule has 27 heavy (non-hydrogen) atoms. The first-order chi connectivity index (χ1) is 12.9. The SMILES string of the molecule is N#CN=S(=O)(CF)c1ccc(Oc2cc(F)cc(C#N)c2)c2c1[C@H](O)CC2. The summed E-state index contributed by atoms with van der Waals surface area (Å²) in [6, 6.07) is 6.66. The molecule has 0 saturated carbocycles. The van der Waals surface area contributed by atoms with Gasteiger partial charge in [-0.05, 0) is 37.1 Å². The van der Waals surface area contributed by atoms with Crippen molar-refractivity contribution in [3.63, 3.8) is 0 Å². The fraction of sp³-hybridized carbons (Fsp3) is 0.222. The van der Waals surface area contributed by atoms with E-state index < -0.39 is 27.7 Å². The Bertz CT molecular complexity index is 1110. The molecule has 2 aromatic carbocycles. The molecule has 0 fully saturated rings. The maximum atomic E-state index is 13.6. The van der Waals surface area contributed by atoms with Crippen LogP contribution in [0, 0.1) is 28.6 Å². The minimum absolute atomic E-state index is 0.0455. The van der Waals surface area contributed by atoms with Crippen LogP contribution in [0.4, 0.5) is 8.78 Å². The molecule has 6 nitrogen and oxygen atoms in total. The van der Waals surface area contributed by atoms with Crippen molar-refractivity contribution in [2.45, 2.75) is 23.8 Å². The number of aliphatic hydroxyl groups excluding tert-OH is 1. The molecule has 0 amide bonds. The summed E-state index contributed by atoms with van der Waals surface area (Å²) in [7, 11) is -3.64. The van der Waals surface area contributed by atoms with Gasteiger partial charge in [0.2, 0.25) is 6.19 Å². The van der Waals surface area contributed by atoms with Gasteiger partial charge in [0.15, 0.2) is 6.01 Å². The summed E-state index contributed by atoms with van der Waals surface area (Å²) in [6.07, 6.45) is 1.00. The van der Waals surface area contributed by atoms with Crippen LogP contribution in [0.1, 0.15) is 29.2 Å². The molecule has 2 aromatic rings. The van der Waals surface area contributed by atoms with Gasteiger partial charge in [0.1, 0.15) is 27.0 Å². The second-order valence-electron chi connectivity index (χ2n) is 5.84. The van der Waals surface area contributed by atoms with E-state index in [0.717, 1.165) is 12.1 Å². The van der Waals surface area contributed by atoms with Gasteiger partial charge in [-0.2, -0.15) is 10.5 Å². The molecular formula is C18H13F2N3O3S. The Balaban J connectivity index is 2.13. The summed E-state index contributed by atoms with van der Waals surface area (Å²) >= 11 is 0. The Morgan fingerprint density at radius 1 is 1.33 bits per heavy atom. The molecule has 0 radical (unpaired) electrons. The zero-order valence-electron chi connectivity index (χ0n) is 13.9. The van der Waals surface area contributed by atoms with Gasteiger partial charge >= 0.3 is 0 Å². The normalized spacial score (nSPS) is 17.3. The molecule has 9 heteroatoms. The number of aliphatic hydroxyl groups is 1. The van der Waals surface area contributed by atoms with Crippen LogP contribution in [0.3, 0.4) is 0 Å². The third-order valence-electron chi connectivity index (χ3n) is 4.18. The van der Waals surface area contributed by atoms with E-state index in [1.54, 1.807) is 0 Å². The second kappa shape index (κ2) is 7.31. The van der Waals surface area contributed by atoms with Crippen LogP contribution in [0.25, 0.3) is 0 Å². The number of rotatable bonds is 4. The maximum absolute atomic E-state index is 13.6. The van der Waals surface area contributed by atoms with Crippen LogP contribution in [-0.2, 0) is 16.1 Å². The Kier molecular flexibility index (Phi) is 5.08. The van der Waals surface area contributed by atoms with E-state index in [9.17, 15) is 18.1 Å². The minimum Gasteiger partial charge on any atom is -0.457 e. The van der Waals surface area contributed by atoms with Crippen molar-refractivity contribution < 1.29 is 22.8 Å². The molecule has 1 N–H and O–H groups in total. The van der Waals surface area contributed by atoms with E-state index in [1.165, 1.54) is 24.4 Å². The van der Waals surface area contributed by atoms with Gasteiger partial charge in [0.05, 0.1) is 22.6 Å². The Morgan fingerprint density at radius 3 is 2.78 bits per heavy atom. The number of hydrogen-bond acceptors (Lipinski definition) is 6. The fourth-order valence-electron chi connectivity index (χ4n) is 3.06. The standard InChI is InChI=1S/C18H13F2N3O3S/c19-9-27(25,23-10-22)17-4-3-16(14-1-2-15(24)18(14)17)26-13-6-11(8-21)5-12(20)7-13/h3-7,15,24H,1-2,9H2/t15-,27?/m1/s1. The first-order valence-electron chi connectivity index (χ1n) is 7.83. The third-order valence-corrected chi connectivity index (χ3v) is 5.90. The van der Waals surface area contributed by atoms with Gasteiger partial charge in [-0.3, -0.25) is 0 Å². The highest BCUT2D eigenvalue weighted by Gasteiger charge is 2.31. The molecule has 1 aliphatic rings. The highest BCUT2D eigenvalue weighted by Crippen LogP contribution is 2.43. The zero-order chi connectivity index (χ0) is 19.6. The summed E-state index contributed by atoms with van der Waals surface area (Å²) < 4.78 is 48.5. The maximum Gasteiger partial charge on any atom is 0.215 e. The fourth-order valence-corrected chi connectivity index (χ4v) is 4.34. The van der Waals surface area contributed by atoms with Gasteiger partial charge < -0.3 is 9.84 Å². The average molecular weight is 389 g/mol. The van der Waals surface area contributed by atoms with Gasteiger partial charge in [-0.1, -0.05) is 0 Å². The Hall–Kier alpha value is -3.01. The summed E-state index contributed by atoms with van der Waals surface area (Å²) in [4.78, 5) is -0.0455. The van der Waals surface area contributed by atoms with Crippen LogP contribution in [-0.4, -0.2) is 15.3 Å². The van der Waals surface area contributed by atoms with Crippen molar-refractivity contribution in [2.75, 3.05) is 6.01 Å². The van der Waals surface area contributed by atoms with Crippen LogP contribution in [0.5, 0.6) is 11.5 Å². The van der Waals surface area contributed by atoms with E-state index in [-0.39, 0.29) is 27.5 Å². The Labute approximate surface area is 154 Å². The number of fused-ring (bicyclic) bond motifs is 1. The number of benzene rings is 2. The summed E-state index contributed by atoms with van der Waals surface area (Å²) in [6.45, 7) is 0. The van der Waals surface area contributed by atoms with E-state index in [4.69, 9.17) is 15.3 Å². The van der Waals surface area contributed by atoms with Crippen LogP contribution in [0.15, 0.2) is 39.6 Å². The molecule has 1 unspecified atom stereocenters. The van der Waals surface area contributed by atoms with E-state index in [0.29, 0.717) is 18.4 Å². The molecule has 0 heterocycles. The van der Waals surface area contributed by atoms with Crippen LogP contribution in [0.2, 0.25) is 0 Å². The highest BCUT2D eigenvalue weighted by molar-refractivity contribution is 7.93. The van der Waals surface area contributed by atoms with Crippen LogP contribution < -0.4 is 4.74 Å². The van der Waals surface area contributed by atoms with E-state index in [1.807, 2.05) is 6.07 Å². The first-order valence-corrected chi connectivity index (χ1v) is 9.51. The monoisotopic (exact) mass is 389 g/mol. The zero-order valence-corrected chi connectivity index (χ0v) is 14.7. The molecule has 138 valence electrons. The van der Waals surface area contributed by atoms with Crippen molar-refractivity contribution in [1.82, 2.24) is 0 Å². The van der Waals surface area contributed by atoms with Crippen molar-refractivity contribution in [2.24, 2.45) is 4.36 Å². The lowest BCUT2D eigenvalue weighted by atomic mass is 10.1. The highest BCUT2D eigenvalue weighted by atomic mass is 32.2. The lowest BCUT2D eigenvalue weighted by Crippen LogP contribution is -2.09. The molecule has 1 aliphatic carbocycles. The predicted octanol–water partition coefficient (Wildman–Crippen LogP) is 3.70. The smallest absolute Gasteiger partial charge is 0.215 e. The van der Waals surface area contributed by atoms with Crippen LogP contribution >= 0.6 is 0 Å². The van der Waals surface area contributed by atoms with Gasteiger partial charge in [-0.15, -0.1) is 4.36 Å². The lowest BCUT2D eigenvalue weighted by Gasteiger charge is -2.16. The summed E-state index contributed by atoms with van der Waals surface area (Å²) in [5.41, 5.74) is 0.773. The van der Waals surface area contributed by atoms with E-state index >= 15 is 0 Å². The lowest BCUT2D eigenvalue weighted by molar-refractivity contribution is 0.177. The number of hydrogen-bond donors (Lipinski definition) is 1. The molecule has 0 aliphatic heterocycles. The molecule has 0 saturated heterocycles. The minimum atomic E-state index is -3.64. The third kappa shape index (κ3) is 3.47. The Morgan fingerprint density at radius 2 is 2.11 bits per heavy atom. The number of nitriles is 2. The largest absolute Gasteiger partial charge is 0.457 e. The number of alkyl halides is 1. The molecule has 2 atom stereocenters. The summed E-state index contributed by atoms with van der Waals surface area (Å²) in [5.74, 6) is -0.307. The van der Waals surface area contributed by atoms with Gasteiger partial charge in [0, 0.05) is 17.2 Å². The van der Waals surface area contributed by atoms with Gasteiger partial charge in [-0.25, -0.2) is 13.0 Å². The quantitative estimate of drug-likeness (QED) is 0.803. The van der Waals surface area contributed by atoms with Crippen molar-refractivity contribution in [3.05, 3.63) is 52.8 Å². The predicted molar refractivity (Wildman–Crippen MR) is 91.3 cm³/mol. The molecule has 0 spiro atoms. The van der Waals surface area contributed by atoms with E-state index in [2.05, 4.69) is 4.36 Å².